The molecule has 2 heterocycles. The largest absolute Gasteiger partial charge is 0.493 e. The first kappa shape index (κ1) is 20.1. The summed E-state index contributed by atoms with van der Waals surface area (Å²) in [6, 6.07) is 9.64. The Labute approximate surface area is 173 Å². The van der Waals surface area contributed by atoms with Gasteiger partial charge in [-0.3, -0.25) is 4.79 Å². The second kappa shape index (κ2) is 7.92. The van der Waals surface area contributed by atoms with Crippen molar-refractivity contribution in [2.75, 3.05) is 40.4 Å². The Kier molecular flexibility index (Phi) is 5.31. The summed E-state index contributed by atoms with van der Waals surface area (Å²) in [5.74, 6) is 0.788. The van der Waals surface area contributed by atoms with Gasteiger partial charge >= 0.3 is 0 Å². The molecule has 0 radical (unpaired) electrons. The number of fused-ring (bicyclic) bond motifs is 1. The molecule has 0 atom stereocenters. The number of rotatable bonds is 5. The molecule has 1 amide bonds. The van der Waals surface area contributed by atoms with Crippen molar-refractivity contribution < 1.29 is 27.3 Å². The van der Waals surface area contributed by atoms with Crippen LogP contribution in [0.5, 0.6) is 11.5 Å². The number of carbonyl (C=O) groups excluding carboxylic acids is 1. The quantitative estimate of drug-likeness (QED) is 0.594. The highest BCUT2D eigenvalue weighted by atomic mass is 32.2. The Bertz CT molecular complexity index is 1180. The Morgan fingerprint density at radius 3 is 2.43 bits per heavy atom. The lowest BCUT2D eigenvalue weighted by atomic mass is 10.1. The predicted octanol–water partition coefficient (Wildman–Crippen LogP) is 1.39. The van der Waals surface area contributed by atoms with Gasteiger partial charge in [0.25, 0.3) is 5.91 Å². The average Bonchev–Trinajstić information content (AvgIpc) is 3.27. The van der Waals surface area contributed by atoms with Gasteiger partial charge in [-0.15, -0.1) is 0 Å². The van der Waals surface area contributed by atoms with Crippen LogP contribution in [0.3, 0.4) is 0 Å². The molecular formula is C19H20N4O6S. The standard InChI is InChI=1S/C19H20N4O6S/c1-27-15-7-6-13(12-16(15)28-2)19(24)22-8-10-23(11-9-22)30(25,26)17-5-3-4-14-18(17)21-29-20-14/h3-7,12H,8-11H2,1-2H3. The first-order chi connectivity index (χ1) is 14.5. The molecular weight excluding hydrogens is 412 g/mol. The number of hydrogen-bond donors (Lipinski definition) is 0. The first-order valence-electron chi connectivity index (χ1n) is 9.18. The van der Waals surface area contributed by atoms with Crippen molar-refractivity contribution >= 4 is 27.0 Å². The van der Waals surface area contributed by atoms with E-state index >= 15 is 0 Å². The number of aromatic nitrogens is 2. The van der Waals surface area contributed by atoms with Crippen LogP contribution in [0, 0.1) is 0 Å². The highest BCUT2D eigenvalue weighted by molar-refractivity contribution is 7.89. The van der Waals surface area contributed by atoms with Crippen LogP contribution in [-0.2, 0) is 10.0 Å². The molecule has 30 heavy (non-hydrogen) atoms. The van der Waals surface area contributed by atoms with E-state index < -0.39 is 10.0 Å². The molecule has 10 nitrogen and oxygen atoms in total. The molecule has 1 aromatic heterocycles. The van der Waals surface area contributed by atoms with E-state index in [1.54, 1.807) is 35.2 Å². The van der Waals surface area contributed by atoms with E-state index in [9.17, 15) is 13.2 Å². The van der Waals surface area contributed by atoms with E-state index in [2.05, 4.69) is 14.9 Å². The summed E-state index contributed by atoms with van der Waals surface area (Å²) in [6.45, 7) is 0.866. The Morgan fingerprint density at radius 1 is 1.00 bits per heavy atom. The van der Waals surface area contributed by atoms with Crippen molar-refractivity contribution in [2.45, 2.75) is 4.90 Å². The molecule has 0 N–H and O–H groups in total. The fraction of sp³-hybridized carbons (Fsp3) is 0.316. The van der Waals surface area contributed by atoms with Crippen LogP contribution in [0.15, 0.2) is 45.9 Å². The summed E-state index contributed by atoms with van der Waals surface area (Å²) in [7, 11) is -0.773. The minimum atomic E-state index is -3.80. The maximum atomic E-state index is 13.1. The SMILES string of the molecule is COc1ccc(C(=O)N2CCN(S(=O)(=O)c3cccc4nonc34)CC2)cc1OC. The minimum Gasteiger partial charge on any atom is -0.493 e. The lowest BCUT2D eigenvalue weighted by Gasteiger charge is -2.34. The lowest BCUT2D eigenvalue weighted by molar-refractivity contribution is 0.0697. The van der Waals surface area contributed by atoms with Crippen LogP contribution in [0.2, 0.25) is 0 Å². The number of hydrogen-bond acceptors (Lipinski definition) is 8. The topological polar surface area (TPSA) is 115 Å². The van der Waals surface area contributed by atoms with Gasteiger partial charge < -0.3 is 14.4 Å². The van der Waals surface area contributed by atoms with Crippen molar-refractivity contribution in [1.29, 1.82) is 0 Å². The van der Waals surface area contributed by atoms with Crippen LogP contribution >= 0.6 is 0 Å². The average molecular weight is 432 g/mol. The van der Waals surface area contributed by atoms with Gasteiger partial charge in [0.1, 0.15) is 10.4 Å². The van der Waals surface area contributed by atoms with Gasteiger partial charge in [0, 0.05) is 31.7 Å². The maximum absolute atomic E-state index is 13.1. The number of nitrogens with zero attached hydrogens (tertiary/aromatic N) is 4. The molecule has 0 bridgehead atoms. The van der Waals surface area contributed by atoms with Crippen LogP contribution in [0.25, 0.3) is 11.0 Å². The third-order valence-corrected chi connectivity index (χ3v) is 6.95. The zero-order valence-corrected chi connectivity index (χ0v) is 17.3. The summed E-state index contributed by atoms with van der Waals surface area (Å²) >= 11 is 0. The summed E-state index contributed by atoms with van der Waals surface area (Å²) in [5, 5.41) is 7.41. The van der Waals surface area contributed by atoms with E-state index in [0.29, 0.717) is 22.6 Å². The molecule has 2 aromatic carbocycles. The third-order valence-electron chi connectivity index (χ3n) is 5.02. The summed E-state index contributed by atoms with van der Waals surface area (Å²) in [4.78, 5) is 14.5. The molecule has 158 valence electrons. The Balaban J connectivity index is 1.50. The number of benzene rings is 2. The second-order valence-corrected chi connectivity index (χ2v) is 8.56. The van der Waals surface area contributed by atoms with E-state index in [0.717, 1.165) is 0 Å². The molecule has 0 aliphatic carbocycles. The molecule has 1 fully saturated rings. The Hall–Kier alpha value is -3.18. The van der Waals surface area contributed by atoms with Gasteiger partial charge in [-0.05, 0) is 40.6 Å². The van der Waals surface area contributed by atoms with Gasteiger partial charge in [-0.2, -0.15) is 4.31 Å². The summed E-state index contributed by atoms with van der Waals surface area (Å²) < 4.78 is 42.6. The van der Waals surface area contributed by atoms with Crippen LogP contribution in [-0.4, -0.2) is 74.2 Å². The number of sulfonamides is 1. The zero-order chi connectivity index (χ0) is 21.3. The molecule has 3 aromatic rings. The van der Waals surface area contributed by atoms with Crippen LogP contribution in [0.1, 0.15) is 10.4 Å². The number of ether oxygens (including phenoxy) is 2. The number of piperazine rings is 1. The van der Waals surface area contributed by atoms with Crippen molar-refractivity contribution in [3.05, 3.63) is 42.0 Å². The highest BCUT2D eigenvalue weighted by Crippen LogP contribution is 2.29. The smallest absolute Gasteiger partial charge is 0.254 e. The highest BCUT2D eigenvalue weighted by Gasteiger charge is 2.32. The number of methoxy groups -OCH3 is 2. The minimum absolute atomic E-state index is 0.0425. The normalized spacial score (nSPS) is 15.3. The molecule has 1 saturated heterocycles. The van der Waals surface area contributed by atoms with E-state index in [1.807, 2.05) is 0 Å². The molecule has 11 heteroatoms. The number of carbonyl (C=O) groups is 1. The monoisotopic (exact) mass is 432 g/mol. The second-order valence-electron chi connectivity index (χ2n) is 6.65. The summed E-state index contributed by atoms with van der Waals surface area (Å²) in [5.41, 5.74) is 1.02. The lowest BCUT2D eigenvalue weighted by Crippen LogP contribution is -2.50. The predicted molar refractivity (Wildman–Crippen MR) is 106 cm³/mol. The van der Waals surface area contributed by atoms with Crippen LogP contribution in [0.4, 0.5) is 0 Å². The van der Waals surface area contributed by atoms with Gasteiger partial charge in [-0.1, -0.05) is 6.07 Å². The fourth-order valence-corrected chi connectivity index (χ4v) is 4.97. The van der Waals surface area contributed by atoms with Gasteiger partial charge in [-0.25, -0.2) is 13.0 Å². The van der Waals surface area contributed by atoms with E-state index in [1.165, 1.54) is 24.6 Å². The van der Waals surface area contributed by atoms with Crippen molar-refractivity contribution in [3.8, 4) is 11.5 Å². The molecule has 0 spiro atoms. The maximum Gasteiger partial charge on any atom is 0.254 e. The number of amides is 1. The molecule has 0 saturated carbocycles. The molecule has 0 unspecified atom stereocenters. The van der Waals surface area contributed by atoms with Crippen LogP contribution < -0.4 is 9.47 Å². The van der Waals surface area contributed by atoms with Gasteiger partial charge in [0.15, 0.2) is 17.0 Å². The van der Waals surface area contributed by atoms with E-state index in [-0.39, 0.29) is 42.5 Å². The van der Waals surface area contributed by atoms with Gasteiger partial charge in [0.2, 0.25) is 10.0 Å². The van der Waals surface area contributed by atoms with Gasteiger partial charge in [0.05, 0.1) is 14.2 Å². The van der Waals surface area contributed by atoms with Crippen molar-refractivity contribution in [2.24, 2.45) is 0 Å². The zero-order valence-electron chi connectivity index (χ0n) is 16.4. The summed E-state index contributed by atoms with van der Waals surface area (Å²) in [6.07, 6.45) is 0. The van der Waals surface area contributed by atoms with Crippen molar-refractivity contribution in [1.82, 2.24) is 19.5 Å². The Morgan fingerprint density at radius 2 is 1.73 bits per heavy atom. The van der Waals surface area contributed by atoms with E-state index in [4.69, 9.17) is 9.47 Å². The van der Waals surface area contributed by atoms with Crippen molar-refractivity contribution in [3.63, 3.8) is 0 Å². The molecule has 1 aliphatic rings. The first-order valence-corrected chi connectivity index (χ1v) is 10.6. The molecule has 1 aliphatic heterocycles. The molecule has 4 rings (SSSR count). The third kappa shape index (κ3) is 3.46. The fourth-order valence-electron chi connectivity index (χ4n) is 3.41.